The minimum atomic E-state index is 0.464. The fourth-order valence-corrected chi connectivity index (χ4v) is 2.04. The van der Waals surface area contributed by atoms with Crippen LogP contribution < -0.4 is 5.32 Å². The second-order valence-electron chi connectivity index (χ2n) is 4.10. The molecule has 2 aromatic rings. The fraction of sp³-hybridized carbons (Fsp3) is 0.231. The highest BCUT2D eigenvalue weighted by Gasteiger charge is 2.06. The zero-order valence-electron chi connectivity index (χ0n) is 10.2. The molecule has 0 spiro atoms. The Morgan fingerprint density at radius 1 is 1.56 bits per heavy atom. The predicted octanol–water partition coefficient (Wildman–Crippen LogP) is 2.87. The molecular weight excluding hydrogens is 248 g/mol. The van der Waals surface area contributed by atoms with E-state index in [9.17, 15) is 0 Å². The second kappa shape index (κ2) is 5.11. The highest BCUT2D eigenvalue weighted by atomic mass is 35.5. The molecule has 4 nitrogen and oxygen atoms in total. The Labute approximate surface area is 111 Å². The van der Waals surface area contributed by atoms with Crippen molar-refractivity contribution < 1.29 is 0 Å². The fourth-order valence-electron chi connectivity index (χ4n) is 1.77. The third-order valence-electron chi connectivity index (χ3n) is 2.76. The number of hydrogen-bond donors (Lipinski definition) is 1. The van der Waals surface area contributed by atoms with E-state index in [4.69, 9.17) is 16.9 Å². The van der Waals surface area contributed by atoms with Crippen LogP contribution in [-0.2, 0) is 13.6 Å². The minimum Gasteiger partial charge on any atom is -0.378 e. The molecule has 0 bridgehead atoms. The lowest BCUT2D eigenvalue weighted by atomic mass is 10.2. The summed E-state index contributed by atoms with van der Waals surface area (Å²) in [6.45, 7) is 2.59. The first-order valence-corrected chi connectivity index (χ1v) is 5.90. The van der Waals surface area contributed by atoms with Gasteiger partial charge in [0.15, 0.2) is 5.15 Å². The van der Waals surface area contributed by atoms with E-state index in [1.807, 2.05) is 32.3 Å². The second-order valence-corrected chi connectivity index (χ2v) is 4.46. The van der Waals surface area contributed by atoms with Gasteiger partial charge in [-0.1, -0.05) is 11.6 Å². The summed E-state index contributed by atoms with van der Waals surface area (Å²) < 4.78 is 1.80. The highest BCUT2D eigenvalue weighted by Crippen LogP contribution is 2.23. The lowest BCUT2D eigenvalue weighted by Gasteiger charge is -2.09. The summed E-state index contributed by atoms with van der Waals surface area (Å²) in [5.41, 5.74) is 3.56. The molecule has 1 N–H and O–H groups in total. The van der Waals surface area contributed by atoms with Gasteiger partial charge in [0.1, 0.15) is 11.8 Å². The van der Waals surface area contributed by atoms with Crippen molar-refractivity contribution in [1.82, 2.24) is 9.55 Å². The Balaban J connectivity index is 2.14. The van der Waals surface area contributed by atoms with Crippen LogP contribution in [0.1, 0.15) is 16.8 Å². The molecule has 18 heavy (non-hydrogen) atoms. The van der Waals surface area contributed by atoms with E-state index >= 15 is 0 Å². The average molecular weight is 261 g/mol. The van der Waals surface area contributed by atoms with E-state index < -0.39 is 0 Å². The van der Waals surface area contributed by atoms with Crippen molar-refractivity contribution in [3.8, 4) is 6.07 Å². The lowest BCUT2D eigenvalue weighted by molar-refractivity contribution is 0.902. The third kappa shape index (κ3) is 2.47. The van der Waals surface area contributed by atoms with Gasteiger partial charge in [-0.2, -0.15) is 5.26 Å². The molecular formula is C13H13ClN4. The summed E-state index contributed by atoms with van der Waals surface area (Å²) in [6.07, 6.45) is 3.60. The van der Waals surface area contributed by atoms with Gasteiger partial charge < -0.3 is 9.88 Å². The van der Waals surface area contributed by atoms with Crippen molar-refractivity contribution in [3.63, 3.8) is 0 Å². The highest BCUT2D eigenvalue weighted by molar-refractivity contribution is 6.32. The first-order valence-electron chi connectivity index (χ1n) is 5.52. The van der Waals surface area contributed by atoms with E-state index in [1.165, 1.54) is 0 Å². The van der Waals surface area contributed by atoms with Crippen LogP contribution in [0.2, 0.25) is 5.15 Å². The number of pyridine rings is 1. The number of aryl methyl sites for hydroxylation is 2. The Morgan fingerprint density at radius 3 is 2.94 bits per heavy atom. The first kappa shape index (κ1) is 12.5. The van der Waals surface area contributed by atoms with Gasteiger partial charge in [0.25, 0.3) is 0 Å². The van der Waals surface area contributed by atoms with Gasteiger partial charge in [0.2, 0.25) is 0 Å². The lowest BCUT2D eigenvalue weighted by Crippen LogP contribution is -2.01. The predicted molar refractivity (Wildman–Crippen MR) is 71.4 cm³/mol. The summed E-state index contributed by atoms with van der Waals surface area (Å²) in [6, 6.07) is 5.89. The number of nitriles is 1. The molecule has 0 unspecified atom stereocenters. The Hall–Kier alpha value is -1.99. The summed E-state index contributed by atoms with van der Waals surface area (Å²) in [4.78, 5) is 4.04. The minimum absolute atomic E-state index is 0.464. The average Bonchev–Trinajstić information content (AvgIpc) is 2.69. The quantitative estimate of drug-likeness (QED) is 0.864. The Bertz CT molecular complexity index is 590. The van der Waals surface area contributed by atoms with Crippen molar-refractivity contribution in [1.29, 1.82) is 5.26 Å². The Kier molecular flexibility index (Phi) is 3.54. The molecule has 2 rings (SSSR count). The first-order chi connectivity index (χ1) is 8.61. The molecule has 2 heterocycles. The van der Waals surface area contributed by atoms with E-state index in [1.54, 1.807) is 10.8 Å². The normalized spacial score (nSPS) is 10.1. The van der Waals surface area contributed by atoms with Crippen LogP contribution in [0.25, 0.3) is 0 Å². The topological polar surface area (TPSA) is 53.6 Å². The van der Waals surface area contributed by atoms with Crippen LogP contribution in [0.4, 0.5) is 5.69 Å². The molecule has 0 saturated carbocycles. The van der Waals surface area contributed by atoms with E-state index in [0.29, 0.717) is 17.4 Å². The molecule has 0 radical (unpaired) electrons. The number of halogens is 1. The molecule has 5 heteroatoms. The summed E-state index contributed by atoms with van der Waals surface area (Å²) in [5, 5.41) is 12.6. The number of anilines is 1. The number of rotatable bonds is 3. The van der Waals surface area contributed by atoms with Crippen LogP contribution in [0.3, 0.4) is 0 Å². The van der Waals surface area contributed by atoms with Gasteiger partial charge in [-0.3, -0.25) is 0 Å². The summed E-state index contributed by atoms with van der Waals surface area (Å²) in [7, 11) is 1.85. The van der Waals surface area contributed by atoms with Gasteiger partial charge in [-0.25, -0.2) is 4.98 Å². The number of hydrogen-bond acceptors (Lipinski definition) is 3. The zero-order valence-corrected chi connectivity index (χ0v) is 11.0. The van der Waals surface area contributed by atoms with Crippen LogP contribution in [0.5, 0.6) is 0 Å². The van der Waals surface area contributed by atoms with Gasteiger partial charge in [0.05, 0.1) is 5.69 Å². The van der Waals surface area contributed by atoms with E-state index in [-0.39, 0.29) is 0 Å². The molecule has 0 aromatic carbocycles. The molecule has 2 aromatic heterocycles. The molecule has 0 aliphatic rings. The standard InChI is InChI=1S/C13H13ClN4/c1-9-3-4-16-13(14)12(9)17-7-10-5-11(6-15)18(2)8-10/h3-5,8,17H,7H2,1-2H3. The Morgan fingerprint density at radius 2 is 2.33 bits per heavy atom. The van der Waals surface area contributed by atoms with Gasteiger partial charge in [0, 0.05) is 26.0 Å². The third-order valence-corrected chi connectivity index (χ3v) is 3.05. The maximum Gasteiger partial charge on any atom is 0.152 e. The largest absolute Gasteiger partial charge is 0.378 e. The molecule has 92 valence electrons. The van der Waals surface area contributed by atoms with Gasteiger partial charge in [-0.05, 0) is 30.2 Å². The van der Waals surface area contributed by atoms with Crippen LogP contribution in [0, 0.1) is 18.3 Å². The number of nitrogens with one attached hydrogen (secondary N) is 1. The smallest absolute Gasteiger partial charge is 0.152 e. The molecule has 0 atom stereocenters. The van der Waals surface area contributed by atoms with Crippen molar-refractivity contribution in [2.24, 2.45) is 7.05 Å². The maximum atomic E-state index is 8.88. The molecule has 0 aliphatic heterocycles. The zero-order chi connectivity index (χ0) is 13.1. The van der Waals surface area contributed by atoms with Crippen molar-refractivity contribution in [2.45, 2.75) is 13.5 Å². The number of aromatic nitrogens is 2. The van der Waals surface area contributed by atoms with Crippen LogP contribution in [-0.4, -0.2) is 9.55 Å². The maximum absolute atomic E-state index is 8.88. The molecule has 0 amide bonds. The summed E-state index contributed by atoms with van der Waals surface area (Å²) in [5.74, 6) is 0. The molecule has 0 fully saturated rings. The van der Waals surface area contributed by atoms with Crippen LogP contribution in [0.15, 0.2) is 24.5 Å². The van der Waals surface area contributed by atoms with E-state index in [0.717, 1.165) is 16.8 Å². The van der Waals surface area contributed by atoms with E-state index in [2.05, 4.69) is 16.4 Å². The van der Waals surface area contributed by atoms with Crippen molar-refractivity contribution in [3.05, 3.63) is 46.5 Å². The van der Waals surface area contributed by atoms with Crippen molar-refractivity contribution >= 4 is 17.3 Å². The number of nitrogens with zero attached hydrogens (tertiary/aromatic N) is 3. The monoisotopic (exact) mass is 260 g/mol. The van der Waals surface area contributed by atoms with Crippen molar-refractivity contribution in [2.75, 3.05) is 5.32 Å². The molecule has 0 aliphatic carbocycles. The SMILES string of the molecule is Cc1ccnc(Cl)c1NCc1cc(C#N)n(C)c1. The van der Waals surface area contributed by atoms with Gasteiger partial charge in [-0.15, -0.1) is 0 Å². The van der Waals surface area contributed by atoms with Crippen LogP contribution >= 0.6 is 11.6 Å². The molecule has 0 saturated heterocycles. The van der Waals surface area contributed by atoms with Gasteiger partial charge >= 0.3 is 0 Å². The summed E-state index contributed by atoms with van der Waals surface area (Å²) >= 11 is 6.03.